The number of carbonyl (C=O) groups excluding carboxylic acids is 2. The Bertz CT molecular complexity index is 864. The number of benzene rings is 1. The molecule has 0 bridgehead atoms. The molecule has 1 N–H and O–H groups in total. The van der Waals surface area contributed by atoms with Gasteiger partial charge in [0.15, 0.2) is 0 Å². The van der Waals surface area contributed by atoms with Crippen molar-refractivity contribution in [1.82, 2.24) is 15.1 Å². The topological polar surface area (TPSA) is 65.8 Å². The minimum absolute atomic E-state index is 0.0167. The molecule has 1 aliphatic heterocycles. The fourth-order valence-electron chi connectivity index (χ4n) is 4.78. The maximum absolute atomic E-state index is 13.3. The Morgan fingerprint density at radius 3 is 2.67 bits per heavy atom. The van der Waals surface area contributed by atoms with E-state index in [4.69, 9.17) is 4.42 Å². The van der Waals surface area contributed by atoms with Gasteiger partial charge in [-0.15, -0.1) is 0 Å². The van der Waals surface area contributed by atoms with Crippen LogP contribution in [-0.2, 0) is 11.3 Å². The van der Waals surface area contributed by atoms with Gasteiger partial charge in [0.05, 0.1) is 12.5 Å². The number of furan rings is 1. The molecule has 0 radical (unpaired) electrons. The first kappa shape index (κ1) is 20.7. The summed E-state index contributed by atoms with van der Waals surface area (Å²) in [6.45, 7) is 5.57. The van der Waals surface area contributed by atoms with E-state index in [1.807, 2.05) is 54.3 Å². The Hall–Kier alpha value is -2.60. The van der Waals surface area contributed by atoms with Gasteiger partial charge in [-0.3, -0.25) is 14.5 Å². The maximum Gasteiger partial charge on any atom is 0.254 e. The molecule has 1 aromatic heterocycles. The first-order chi connectivity index (χ1) is 14.6. The molecule has 2 fully saturated rings. The van der Waals surface area contributed by atoms with Crippen molar-refractivity contribution in [2.75, 3.05) is 26.2 Å². The summed E-state index contributed by atoms with van der Waals surface area (Å²) in [6.07, 6.45) is 3.61. The van der Waals surface area contributed by atoms with Gasteiger partial charge in [0.1, 0.15) is 11.5 Å². The number of nitrogens with zero attached hydrogens (tertiary/aromatic N) is 2. The number of hydrogen-bond acceptors (Lipinski definition) is 4. The van der Waals surface area contributed by atoms with Crippen LogP contribution < -0.4 is 5.32 Å². The lowest BCUT2D eigenvalue weighted by Crippen LogP contribution is -2.47. The van der Waals surface area contributed by atoms with Crippen LogP contribution in [0.1, 0.15) is 47.6 Å². The smallest absolute Gasteiger partial charge is 0.254 e. The molecule has 1 aromatic carbocycles. The number of carbonyl (C=O) groups is 2. The number of amides is 2. The Morgan fingerprint density at radius 1 is 1.07 bits per heavy atom. The van der Waals surface area contributed by atoms with Crippen molar-refractivity contribution in [2.45, 2.75) is 45.2 Å². The zero-order valence-corrected chi connectivity index (χ0v) is 17.7. The predicted molar refractivity (Wildman–Crippen MR) is 115 cm³/mol. The number of rotatable bonds is 3. The summed E-state index contributed by atoms with van der Waals surface area (Å²) in [5.74, 6) is 1.84. The summed E-state index contributed by atoms with van der Waals surface area (Å²) in [5.41, 5.74) is 0.696. The van der Waals surface area contributed by atoms with Gasteiger partial charge in [0.2, 0.25) is 5.91 Å². The van der Waals surface area contributed by atoms with Crippen LogP contribution in [0, 0.1) is 12.8 Å². The Kier molecular flexibility index (Phi) is 6.53. The van der Waals surface area contributed by atoms with Gasteiger partial charge in [-0.25, -0.2) is 0 Å². The fraction of sp³-hybridized carbons (Fsp3) is 0.500. The van der Waals surface area contributed by atoms with Crippen LogP contribution in [0.15, 0.2) is 46.9 Å². The molecule has 1 saturated carbocycles. The molecule has 2 unspecified atom stereocenters. The second kappa shape index (κ2) is 9.47. The van der Waals surface area contributed by atoms with Crippen LogP contribution in [0.5, 0.6) is 0 Å². The van der Waals surface area contributed by atoms with E-state index in [1.54, 1.807) is 0 Å². The van der Waals surface area contributed by atoms with Crippen LogP contribution in [0.3, 0.4) is 0 Å². The third-order valence-corrected chi connectivity index (χ3v) is 6.27. The summed E-state index contributed by atoms with van der Waals surface area (Å²) in [4.78, 5) is 30.5. The second-order valence-electron chi connectivity index (χ2n) is 8.40. The molecule has 6 nitrogen and oxygen atoms in total. The lowest BCUT2D eigenvalue weighted by Gasteiger charge is -2.33. The first-order valence-electron chi connectivity index (χ1n) is 11.0. The van der Waals surface area contributed by atoms with Gasteiger partial charge >= 0.3 is 0 Å². The van der Waals surface area contributed by atoms with Crippen LogP contribution in [0.25, 0.3) is 0 Å². The van der Waals surface area contributed by atoms with Gasteiger partial charge < -0.3 is 14.6 Å². The Labute approximate surface area is 178 Å². The van der Waals surface area contributed by atoms with Crippen molar-refractivity contribution < 1.29 is 14.0 Å². The van der Waals surface area contributed by atoms with Crippen molar-refractivity contribution in [1.29, 1.82) is 0 Å². The highest BCUT2D eigenvalue weighted by molar-refractivity contribution is 5.95. The lowest BCUT2D eigenvalue weighted by molar-refractivity contribution is -0.126. The van der Waals surface area contributed by atoms with E-state index in [-0.39, 0.29) is 23.8 Å². The third-order valence-electron chi connectivity index (χ3n) is 6.27. The van der Waals surface area contributed by atoms with Crippen molar-refractivity contribution in [3.8, 4) is 0 Å². The monoisotopic (exact) mass is 409 g/mol. The highest BCUT2D eigenvalue weighted by atomic mass is 16.3. The lowest BCUT2D eigenvalue weighted by atomic mass is 9.99. The number of hydrogen-bond donors (Lipinski definition) is 1. The highest BCUT2D eigenvalue weighted by Crippen LogP contribution is 2.31. The quantitative estimate of drug-likeness (QED) is 0.845. The zero-order valence-electron chi connectivity index (χ0n) is 17.7. The van der Waals surface area contributed by atoms with Crippen molar-refractivity contribution in [2.24, 2.45) is 5.92 Å². The minimum atomic E-state index is -0.114. The van der Waals surface area contributed by atoms with E-state index >= 15 is 0 Å². The summed E-state index contributed by atoms with van der Waals surface area (Å²) >= 11 is 0. The van der Waals surface area contributed by atoms with E-state index in [9.17, 15) is 9.59 Å². The molecular formula is C24H31N3O3. The molecule has 2 atom stereocenters. The van der Waals surface area contributed by atoms with Gasteiger partial charge in [0, 0.05) is 37.8 Å². The average Bonchev–Trinajstić information content (AvgIpc) is 3.39. The molecule has 30 heavy (non-hydrogen) atoms. The second-order valence-corrected chi connectivity index (χ2v) is 8.40. The van der Waals surface area contributed by atoms with E-state index in [2.05, 4.69) is 10.2 Å². The van der Waals surface area contributed by atoms with Crippen LogP contribution in [0.2, 0.25) is 0 Å². The summed E-state index contributed by atoms with van der Waals surface area (Å²) < 4.78 is 5.74. The molecule has 160 valence electrons. The fourth-order valence-corrected chi connectivity index (χ4v) is 4.78. The normalized spacial score (nSPS) is 23.5. The number of nitrogens with one attached hydrogen (secondary N) is 1. The van der Waals surface area contributed by atoms with Crippen molar-refractivity contribution >= 4 is 11.8 Å². The van der Waals surface area contributed by atoms with Gasteiger partial charge in [0.25, 0.3) is 5.91 Å². The molecule has 1 aliphatic carbocycles. The first-order valence-corrected chi connectivity index (χ1v) is 11.0. The van der Waals surface area contributed by atoms with E-state index in [1.165, 1.54) is 0 Å². The largest absolute Gasteiger partial charge is 0.465 e. The molecular weight excluding hydrogens is 378 g/mol. The van der Waals surface area contributed by atoms with Crippen LogP contribution in [-0.4, -0.2) is 53.8 Å². The average molecular weight is 410 g/mol. The Morgan fingerprint density at radius 2 is 1.90 bits per heavy atom. The molecule has 2 aromatic rings. The van der Waals surface area contributed by atoms with Crippen LogP contribution >= 0.6 is 0 Å². The van der Waals surface area contributed by atoms with Crippen molar-refractivity contribution in [3.05, 3.63) is 59.5 Å². The third kappa shape index (κ3) is 4.75. The molecule has 2 heterocycles. The molecule has 4 rings (SSSR count). The summed E-state index contributed by atoms with van der Waals surface area (Å²) in [6, 6.07) is 13.4. The Balaban J connectivity index is 1.52. The van der Waals surface area contributed by atoms with Crippen molar-refractivity contribution in [3.63, 3.8) is 0 Å². The molecule has 2 amide bonds. The standard InChI is InChI=1S/C24H31N3O3/c1-18-11-12-20(30-18)17-26-14-6-15-27(24(29)19-7-3-2-4-8-19)22-10-5-9-21(22)23(28)25-13-16-26/h2-4,7-8,11-12,21-22H,5-6,9-10,13-17H2,1H3,(H,25,28). The maximum atomic E-state index is 13.3. The van der Waals surface area contributed by atoms with E-state index < -0.39 is 0 Å². The molecule has 6 heteroatoms. The van der Waals surface area contributed by atoms with Gasteiger partial charge in [-0.05, 0) is 50.5 Å². The predicted octanol–water partition coefficient (Wildman–Crippen LogP) is 3.22. The van der Waals surface area contributed by atoms with E-state index in [0.717, 1.165) is 50.3 Å². The highest BCUT2D eigenvalue weighted by Gasteiger charge is 2.39. The summed E-state index contributed by atoms with van der Waals surface area (Å²) in [5, 5.41) is 3.12. The zero-order chi connectivity index (χ0) is 20.9. The SMILES string of the molecule is Cc1ccc(CN2CCCN(C(=O)c3ccccc3)C3CCCC3C(=O)NCC2)o1. The molecule has 0 spiro atoms. The van der Waals surface area contributed by atoms with E-state index in [0.29, 0.717) is 25.2 Å². The van der Waals surface area contributed by atoms with Gasteiger partial charge in [-0.2, -0.15) is 0 Å². The van der Waals surface area contributed by atoms with Gasteiger partial charge in [-0.1, -0.05) is 24.6 Å². The minimum Gasteiger partial charge on any atom is -0.465 e. The number of fused-ring (bicyclic) bond motifs is 1. The number of aryl methyl sites for hydroxylation is 1. The van der Waals surface area contributed by atoms with Crippen LogP contribution in [0.4, 0.5) is 0 Å². The molecule has 2 aliphatic rings. The molecule has 1 saturated heterocycles. The summed E-state index contributed by atoms with van der Waals surface area (Å²) in [7, 11) is 0.